The van der Waals surface area contributed by atoms with Gasteiger partial charge in [-0.3, -0.25) is 4.79 Å². The van der Waals surface area contributed by atoms with Crippen LogP contribution in [-0.4, -0.2) is 50.6 Å². The van der Waals surface area contributed by atoms with E-state index >= 15 is 0 Å². The lowest BCUT2D eigenvalue weighted by Gasteiger charge is -2.19. The lowest BCUT2D eigenvalue weighted by Crippen LogP contribution is -2.41. The van der Waals surface area contributed by atoms with Crippen LogP contribution in [0.15, 0.2) is 59.6 Å². The second-order valence-corrected chi connectivity index (χ2v) is 7.92. The molecule has 0 bridgehead atoms. The first-order valence-corrected chi connectivity index (χ1v) is 10.5. The number of halogens is 1. The highest BCUT2D eigenvalue weighted by Crippen LogP contribution is 2.47. The van der Waals surface area contributed by atoms with Crippen molar-refractivity contribution >= 4 is 35.8 Å². The minimum atomic E-state index is -0.0653. The van der Waals surface area contributed by atoms with E-state index in [1.54, 1.807) is 14.1 Å². The summed E-state index contributed by atoms with van der Waals surface area (Å²) in [5.41, 5.74) is 2.65. The first-order chi connectivity index (χ1) is 14.5. The lowest BCUT2D eigenvalue weighted by molar-refractivity contribution is -0.130. The Morgan fingerprint density at radius 2 is 1.84 bits per heavy atom. The molecular weight excluding hydrogens is 503 g/mol. The van der Waals surface area contributed by atoms with Gasteiger partial charge in [-0.15, -0.1) is 24.0 Å². The van der Waals surface area contributed by atoms with Gasteiger partial charge < -0.3 is 20.3 Å². The third kappa shape index (κ3) is 7.41. The Labute approximate surface area is 202 Å². The predicted molar refractivity (Wildman–Crippen MR) is 136 cm³/mol. The van der Waals surface area contributed by atoms with Crippen molar-refractivity contribution in [2.45, 2.75) is 31.7 Å². The van der Waals surface area contributed by atoms with E-state index in [0.717, 1.165) is 24.6 Å². The summed E-state index contributed by atoms with van der Waals surface area (Å²) >= 11 is 0. The van der Waals surface area contributed by atoms with Crippen molar-refractivity contribution in [3.05, 3.63) is 65.7 Å². The Bertz CT molecular complexity index is 867. The number of guanidine groups is 1. The fraction of sp³-hybridized carbons (Fsp3) is 0.417. The molecule has 0 aromatic heterocycles. The highest BCUT2D eigenvalue weighted by molar-refractivity contribution is 14.0. The quantitative estimate of drug-likeness (QED) is 0.292. The van der Waals surface area contributed by atoms with E-state index in [9.17, 15) is 4.79 Å². The maximum Gasteiger partial charge on any atom is 0.259 e. The number of nitrogens with zero attached hydrogens (tertiary/aromatic N) is 2. The van der Waals surface area contributed by atoms with Gasteiger partial charge >= 0.3 is 0 Å². The van der Waals surface area contributed by atoms with Crippen molar-refractivity contribution in [1.82, 2.24) is 15.5 Å². The summed E-state index contributed by atoms with van der Waals surface area (Å²) < 4.78 is 5.60. The first kappa shape index (κ1) is 25.0. The van der Waals surface area contributed by atoms with Crippen LogP contribution in [0.25, 0.3) is 0 Å². The van der Waals surface area contributed by atoms with Crippen molar-refractivity contribution < 1.29 is 9.53 Å². The summed E-state index contributed by atoms with van der Waals surface area (Å²) in [4.78, 5) is 18.0. The summed E-state index contributed by atoms with van der Waals surface area (Å²) in [6, 6.07) is 18.4. The van der Waals surface area contributed by atoms with E-state index in [0.29, 0.717) is 12.3 Å². The number of amides is 1. The minimum absolute atomic E-state index is 0. The smallest absolute Gasteiger partial charge is 0.259 e. The summed E-state index contributed by atoms with van der Waals surface area (Å²) in [6.07, 6.45) is 2.41. The molecule has 0 radical (unpaired) electrons. The van der Waals surface area contributed by atoms with Crippen LogP contribution >= 0.6 is 24.0 Å². The molecule has 31 heavy (non-hydrogen) atoms. The number of ether oxygens (including phenoxy) is 1. The largest absolute Gasteiger partial charge is 0.484 e. The Morgan fingerprint density at radius 3 is 2.48 bits per heavy atom. The van der Waals surface area contributed by atoms with Crippen molar-refractivity contribution in [3.63, 3.8) is 0 Å². The van der Waals surface area contributed by atoms with E-state index < -0.39 is 0 Å². The van der Waals surface area contributed by atoms with Gasteiger partial charge in [0.2, 0.25) is 0 Å². The van der Waals surface area contributed by atoms with Crippen molar-refractivity contribution in [2.24, 2.45) is 4.99 Å². The number of likely N-dealkylation sites (N-methyl/N-ethyl adjacent to an activating group) is 1. The number of aliphatic imine (C=N–C) groups is 1. The average molecular weight is 536 g/mol. The Balaban J connectivity index is 0.00000341. The standard InChI is InChI=1S/C24H32N4O2.HI/c1-4-25-23(27-18-24(13-14-24)20-10-6-5-7-11-20)26-16-19-9-8-12-21(15-19)30-17-22(29)28(2)3;/h5-12,15H,4,13-14,16-18H2,1-3H3,(H2,25,26,27);1H. The van der Waals surface area contributed by atoms with Gasteiger partial charge in [0.1, 0.15) is 5.75 Å². The van der Waals surface area contributed by atoms with Crippen LogP contribution in [0.1, 0.15) is 30.9 Å². The SMILES string of the molecule is CCNC(=NCc1cccc(OCC(=O)N(C)C)c1)NCC1(c2ccccc2)CC1.I. The van der Waals surface area contributed by atoms with Crippen LogP contribution < -0.4 is 15.4 Å². The summed E-state index contributed by atoms with van der Waals surface area (Å²) in [6.45, 7) is 4.31. The monoisotopic (exact) mass is 536 g/mol. The van der Waals surface area contributed by atoms with Gasteiger partial charge in [0, 0.05) is 32.6 Å². The summed E-state index contributed by atoms with van der Waals surface area (Å²) in [5.74, 6) is 1.43. The molecule has 3 rings (SSSR count). The van der Waals surface area contributed by atoms with Gasteiger partial charge in [-0.1, -0.05) is 42.5 Å². The van der Waals surface area contributed by atoms with Crippen LogP contribution in [0, 0.1) is 0 Å². The molecule has 7 heteroatoms. The van der Waals surface area contributed by atoms with Gasteiger partial charge in [-0.2, -0.15) is 0 Å². The zero-order chi connectivity index (χ0) is 21.4. The van der Waals surface area contributed by atoms with Gasteiger partial charge in [0.05, 0.1) is 6.54 Å². The van der Waals surface area contributed by atoms with Crippen molar-refractivity contribution in [1.29, 1.82) is 0 Å². The maximum absolute atomic E-state index is 11.7. The molecule has 0 unspecified atom stereocenters. The molecule has 6 nitrogen and oxygen atoms in total. The molecule has 0 heterocycles. The molecule has 2 aromatic carbocycles. The molecule has 1 aliphatic rings. The van der Waals surface area contributed by atoms with Gasteiger partial charge in [-0.25, -0.2) is 4.99 Å². The lowest BCUT2D eigenvalue weighted by atomic mass is 9.96. The van der Waals surface area contributed by atoms with Crippen LogP contribution in [0.3, 0.4) is 0 Å². The fourth-order valence-electron chi connectivity index (χ4n) is 3.28. The normalized spacial score (nSPS) is 14.2. The van der Waals surface area contributed by atoms with Gasteiger partial charge in [0.25, 0.3) is 5.91 Å². The molecule has 2 aromatic rings. The molecule has 0 spiro atoms. The second-order valence-electron chi connectivity index (χ2n) is 7.92. The van der Waals surface area contributed by atoms with Gasteiger partial charge in [0.15, 0.2) is 12.6 Å². The van der Waals surface area contributed by atoms with Crippen LogP contribution in [-0.2, 0) is 16.8 Å². The molecule has 0 saturated heterocycles. The Kier molecular flexibility index (Phi) is 9.61. The maximum atomic E-state index is 11.7. The zero-order valence-electron chi connectivity index (χ0n) is 18.6. The van der Waals surface area contributed by atoms with E-state index in [-0.39, 0.29) is 41.9 Å². The van der Waals surface area contributed by atoms with E-state index in [4.69, 9.17) is 9.73 Å². The number of hydrogen-bond donors (Lipinski definition) is 2. The second kappa shape index (κ2) is 11.9. The van der Waals surface area contributed by atoms with E-state index in [2.05, 4.69) is 47.9 Å². The molecule has 0 aliphatic heterocycles. The first-order valence-electron chi connectivity index (χ1n) is 10.5. The minimum Gasteiger partial charge on any atom is -0.484 e. The fourth-order valence-corrected chi connectivity index (χ4v) is 3.28. The van der Waals surface area contributed by atoms with Crippen molar-refractivity contribution in [3.8, 4) is 5.75 Å². The number of rotatable bonds is 9. The Hall–Kier alpha value is -2.29. The highest BCUT2D eigenvalue weighted by Gasteiger charge is 2.43. The molecule has 1 fully saturated rings. The topological polar surface area (TPSA) is 66.0 Å². The predicted octanol–water partition coefficient (Wildman–Crippen LogP) is 3.56. The number of carbonyl (C=O) groups excluding carboxylic acids is 1. The molecule has 168 valence electrons. The number of hydrogen-bond acceptors (Lipinski definition) is 3. The molecule has 0 atom stereocenters. The molecule has 1 amide bonds. The van der Waals surface area contributed by atoms with Gasteiger partial charge in [-0.05, 0) is 43.0 Å². The summed E-state index contributed by atoms with van der Waals surface area (Å²) in [7, 11) is 3.44. The number of benzene rings is 2. The number of carbonyl (C=O) groups is 1. The average Bonchev–Trinajstić information content (AvgIpc) is 3.56. The third-order valence-electron chi connectivity index (χ3n) is 5.36. The molecule has 1 aliphatic carbocycles. The van der Waals surface area contributed by atoms with Crippen LogP contribution in [0.4, 0.5) is 0 Å². The van der Waals surface area contributed by atoms with E-state index in [1.807, 2.05) is 24.3 Å². The molecule has 1 saturated carbocycles. The highest BCUT2D eigenvalue weighted by atomic mass is 127. The molecule has 2 N–H and O–H groups in total. The molecular formula is C24H33IN4O2. The third-order valence-corrected chi connectivity index (χ3v) is 5.36. The summed E-state index contributed by atoms with van der Waals surface area (Å²) in [5, 5.41) is 6.85. The van der Waals surface area contributed by atoms with Crippen LogP contribution in [0.2, 0.25) is 0 Å². The van der Waals surface area contributed by atoms with E-state index in [1.165, 1.54) is 23.3 Å². The van der Waals surface area contributed by atoms with Crippen molar-refractivity contribution in [2.75, 3.05) is 33.8 Å². The Morgan fingerprint density at radius 1 is 1.10 bits per heavy atom. The zero-order valence-corrected chi connectivity index (χ0v) is 20.9. The number of nitrogens with one attached hydrogen (secondary N) is 2. The van der Waals surface area contributed by atoms with Crippen LogP contribution in [0.5, 0.6) is 5.75 Å².